The summed E-state index contributed by atoms with van der Waals surface area (Å²) in [6.45, 7) is 0.464. The molecule has 2 aromatic rings. The zero-order valence-corrected chi connectivity index (χ0v) is 13.3. The van der Waals surface area contributed by atoms with Gasteiger partial charge in [-0.2, -0.15) is 0 Å². The number of hydrogen-bond acceptors (Lipinski definition) is 2. The molecule has 0 aliphatic rings. The third-order valence-electron chi connectivity index (χ3n) is 3.44. The Bertz CT molecular complexity index is 748. The van der Waals surface area contributed by atoms with Gasteiger partial charge < -0.3 is 10.6 Å². The molecule has 2 amide bonds. The lowest BCUT2D eigenvalue weighted by atomic mass is 10.2. The third kappa shape index (κ3) is 5.95. The summed E-state index contributed by atoms with van der Waals surface area (Å²) in [7, 11) is 0. The fourth-order valence-electron chi connectivity index (χ4n) is 2.11. The summed E-state index contributed by atoms with van der Waals surface area (Å²) >= 11 is 0. The van der Waals surface area contributed by atoms with E-state index in [1.165, 1.54) is 12.1 Å². The summed E-state index contributed by atoms with van der Waals surface area (Å²) in [5.41, 5.74) is 0.525. The maximum Gasteiger partial charge on any atom is 0.254 e. The van der Waals surface area contributed by atoms with Crippen LogP contribution in [0.4, 0.5) is 13.2 Å². The molecule has 132 valence electrons. The Morgan fingerprint density at radius 2 is 1.56 bits per heavy atom. The summed E-state index contributed by atoms with van der Waals surface area (Å²) in [5, 5.41) is 5.15. The highest BCUT2D eigenvalue weighted by Gasteiger charge is 2.12. The monoisotopic (exact) mass is 350 g/mol. The van der Waals surface area contributed by atoms with Crippen LogP contribution in [-0.2, 0) is 11.3 Å². The van der Waals surface area contributed by atoms with Gasteiger partial charge in [-0.25, -0.2) is 13.2 Å². The van der Waals surface area contributed by atoms with E-state index in [9.17, 15) is 22.8 Å². The van der Waals surface area contributed by atoms with Crippen molar-refractivity contribution in [1.82, 2.24) is 10.6 Å². The zero-order chi connectivity index (χ0) is 18.2. The van der Waals surface area contributed by atoms with Gasteiger partial charge in [0.25, 0.3) is 5.91 Å². The lowest BCUT2D eigenvalue weighted by Gasteiger charge is -2.07. The molecule has 0 atom stereocenters. The number of halogens is 3. The molecule has 0 unspecified atom stereocenters. The SMILES string of the molecule is O=C(CCCNC(=O)c1ccc(F)cc1F)NCc1ccc(F)cc1. The minimum Gasteiger partial charge on any atom is -0.352 e. The van der Waals surface area contributed by atoms with Gasteiger partial charge >= 0.3 is 0 Å². The van der Waals surface area contributed by atoms with Crippen molar-refractivity contribution in [2.24, 2.45) is 0 Å². The maximum absolute atomic E-state index is 13.4. The molecular weight excluding hydrogens is 333 g/mol. The van der Waals surface area contributed by atoms with Crippen molar-refractivity contribution in [3.63, 3.8) is 0 Å². The summed E-state index contributed by atoms with van der Waals surface area (Å²) < 4.78 is 39.0. The van der Waals surface area contributed by atoms with E-state index in [0.717, 1.165) is 17.7 Å². The van der Waals surface area contributed by atoms with E-state index in [2.05, 4.69) is 10.6 Å². The Hall–Kier alpha value is -2.83. The fourth-order valence-corrected chi connectivity index (χ4v) is 2.11. The summed E-state index contributed by atoms with van der Waals surface area (Å²) in [6.07, 6.45) is 0.539. The molecule has 2 rings (SSSR count). The van der Waals surface area contributed by atoms with E-state index >= 15 is 0 Å². The minimum atomic E-state index is -0.936. The number of benzene rings is 2. The molecule has 0 saturated carbocycles. The predicted molar refractivity (Wildman–Crippen MR) is 86.2 cm³/mol. The Balaban J connectivity index is 1.67. The maximum atomic E-state index is 13.4. The third-order valence-corrected chi connectivity index (χ3v) is 3.44. The van der Waals surface area contributed by atoms with Crippen LogP contribution in [-0.4, -0.2) is 18.4 Å². The molecule has 0 saturated heterocycles. The molecule has 2 N–H and O–H groups in total. The molecule has 0 bridgehead atoms. The van der Waals surface area contributed by atoms with Gasteiger partial charge in [-0.3, -0.25) is 9.59 Å². The first kappa shape index (κ1) is 18.5. The van der Waals surface area contributed by atoms with Crippen molar-refractivity contribution < 1.29 is 22.8 Å². The first-order chi connectivity index (χ1) is 12.0. The molecule has 0 spiro atoms. The van der Waals surface area contributed by atoms with Crippen molar-refractivity contribution in [1.29, 1.82) is 0 Å². The van der Waals surface area contributed by atoms with Crippen molar-refractivity contribution in [2.45, 2.75) is 19.4 Å². The highest BCUT2D eigenvalue weighted by atomic mass is 19.1. The van der Waals surface area contributed by atoms with Crippen LogP contribution >= 0.6 is 0 Å². The molecule has 0 aliphatic heterocycles. The minimum absolute atomic E-state index is 0.174. The largest absolute Gasteiger partial charge is 0.352 e. The second kappa shape index (κ2) is 8.86. The van der Waals surface area contributed by atoms with Gasteiger partial charge in [-0.15, -0.1) is 0 Å². The Morgan fingerprint density at radius 1 is 0.880 bits per heavy atom. The Kier molecular flexibility index (Phi) is 6.56. The van der Waals surface area contributed by atoms with Crippen LogP contribution in [0, 0.1) is 17.5 Å². The number of nitrogens with one attached hydrogen (secondary N) is 2. The lowest BCUT2D eigenvalue weighted by molar-refractivity contribution is -0.121. The van der Waals surface area contributed by atoms with E-state index in [0.29, 0.717) is 12.5 Å². The van der Waals surface area contributed by atoms with Crippen molar-refractivity contribution in [3.8, 4) is 0 Å². The number of carbonyl (C=O) groups excluding carboxylic acids is 2. The van der Waals surface area contributed by atoms with Crippen molar-refractivity contribution in [3.05, 3.63) is 71.0 Å². The Morgan fingerprint density at radius 3 is 2.24 bits per heavy atom. The van der Waals surface area contributed by atoms with Crippen LogP contribution in [0.1, 0.15) is 28.8 Å². The molecule has 0 aromatic heterocycles. The lowest BCUT2D eigenvalue weighted by Crippen LogP contribution is -2.28. The molecular formula is C18H17F3N2O2. The molecule has 2 aromatic carbocycles. The van der Waals surface area contributed by atoms with Crippen LogP contribution in [0.25, 0.3) is 0 Å². The first-order valence-corrected chi connectivity index (χ1v) is 7.70. The van der Waals surface area contributed by atoms with Gasteiger partial charge in [0.1, 0.15) is 17.5 Å². The van der Waals surface area contributed by atoms with E-state index < -0.39 is 17.5 Å². The quantitative estimate of drug-likeness (QED) is 0.755. The van der Waals surface area contributed by atoms with Gasteiger partial charge in [-0.05, 0) is 36.2 Å². The highest BCUT2D eigenvalue weighted by Crippen LogP contribution is 2.09. The second-order valence-corrected chi connectivity index (χ2v) is 5.39. The average Bonchev–Trinajstić information content (AvgIpc) is 2.58. The molecule has 7 heteroatoms. The van der Waals surface area contributed by atoms with Crippen LogP contribution in [0.15, 0.2) is 42.5 Å². The molecule has 0 fully saturated rings. The highest BCUT2D eigenvalue weighted by molar-refractivity contribution is 5.94. The van der Waals surface area contributed by atoms with Crippen LogP contribution in [0.2, 0.25) is 0 Å². The van der Waals surface area contributed by atoms with Gasteiger partial charge in [0.15, 0.2) is 0 Å². The zero-order valence-electron chi connectivity index (χ0n) is 13.3. The van der Waals surface area contributed by atoms with Crippen molar-refractivity contribution >= 4 is 11.8 Å². The molecule has 25 heavy (non-hydrogen) atoms. The fraction of sp³-hybridized carbons (Fsp3) is 0.222. The van der Waals surface area contributed by atoms with E-state index in [4.69, 9.17) is 0 Å². The van der Waals surface area contributed by atoms with E-state index in [1.807, 2.05) is 0 Å². The molecule has 0 aliphatic carbocycles. The van der Waals surface area contributed by atoms with Gasteiger partial charge in [0, 0.05) is 25.6 Å². The number of hydrogen-bond donors (Lipinski definition) is 2. The van der Waals surface area contributed by atoms with E-state index in [-0.39, 0.29) is 36.8 Å². The average molecular weight is 350 g/mol. The van der Waals surface area contributed by atoms with Crippen LogP contribution < -0.4 is 10.6 Å². The number of rotatable bonds is 7. The van der Waals surface area contributed by atoms with Crippen LogP contribution in [0.3, 0.4) is 0 Å². The number of amides is 2. The summed E-state index contributed by atoms with van der Waals surface area (Å²) in [4.78, 5) is 23.4. The van der Waals surface area contributed by atoms with Crippen molar-refractivity contribution in [2.75, 3.05) is 6.54 Å². The Labute approximate surface area is 143 Å². The smallest absolute Gasteiger partial charge is 0.254 e. The summed E-state index contributed by atoms with van der Waals surface area (Å²) in [5.74, 6) is -2.92. The van der Waals surface area contributed by atoms with Gasteiger partial charge in [-0.1, -0.05) is 12.1 Å². The first-order valence-electron chi connectivity index (χ1n) is 7.70. The predicted octanol–water partition coefficient (Wildman–Crippen LogP) is 2.93. The normalized spacial score (nSPS) is 10.4. The number of carbonyl (C=O) groups is 2. The van der Waals surface area contributed by atoms with E-state index in [1.54, 1.807) is 12.1 Å². The van der Waals surface area contributed by atoms with Crippen LogP contribution in [0.5, 0.6) is 0 Å². The topological polar surface area (TPSA) is 58.2 Å². The van der Waals surface area contributed by atoms with Gasteiger partial charge in [0.05, 0.1) is 5.56 Å². The molecule has 4 nitrogen and oxygen atoms in total. The molecule has 0 radical (unpaired) electrons. The van der Waals surface area contributed by atoms with Gasteiger partial charge in [0.2, 0.25) is 5.91 Å². The second-order valence-electron chi connectivity index (χ2n) is 5.39. The standard InChI is InChI=1S/C18H17F3N2O2/c19-13-5-3-12(4-6-13)11-23-17(24)2-1-9-22-18(25)15-8-7-14(20)10-16(15)21/h3-8,10H,1-2,9,11H2,(H,22,25)(H,23,24). The summed E-state index contributed by atoms with van der Waals surface area (Å²) in [6, 6.07) is 8.48. The molecule has 0 heterocycles.